The van der Waals surface area contributed by atoms with Gasteiger partial charge in [0.25, 0.3) is 0 Å². The minimum atomic E-state index is 0.278. The van der Waals surface area contributed by atoms with Gasteiger partial charge >= 0.3 is 0 Å². The second kappa shape index (κ2) is 8.17. The first-order chi connectivity index (χ1) is 13.7. The molecule has 1 saturated heterocycles. The minimum Gasteiger partial charge on any atom is -0.379 e. The SMILES string of the molecule is CC(C)c1cc(NCCCN2CCOCC2)[n+]2c([nH]c3ccccc32)c1C#N. The number of nitriles is 1. The second-order valence-corrected chi connectivity index (χ2v) is 7.69. The van der Waals surface area contributed by atoms with Gasteiger partial charge in [0.15, 0.2) is 0 Å². The Morgan fingerprint density at radius 1 is 1.29 bits per heavy atom. The number of H-pyrrole nitrogens is 1. The highest BCUT2D eigenvalue weighted by Crippen LogP contribution is 2.25. The molecule has 1 aliphatic rings. The Morgan fingerprint density at radius 3 is 2.82 bits per heavy atom. The van der Waals surface area contributed by atoms with E-state index in [0.29, 0.717) is 0 Å². The Kier molecular flexibility index (Phi) is 5.47. The lowest BCUT2D eigenvalue weighted by molar-refractivity contribution is -0.465. The Hall–Kier alpha value is -2.62. The molecule has 3 aromatic rings. The van der Waals surface area contributed by atoms with E-state index in [4.69, 9.17) is 4.74 Å². The fourth-order valence-corrected chi connectivity index (χ4v) is 3.97. The average Bonchev–Trinajstić information content (AvgIpc) is 3.11. The molecule has 0 spiro atoms. The number of imidazole rings is 1. The molecule has 2 N–H and O–H groups in total. The van der Waals surface area contributed by atoms with Gasteiger partial charge in [-0.2, -0.15) is 9.66 Å². The van der Waals surface area contributed by atoms with Crippen molar-refractivity contribution in [2.45, 2.75) is 26.2 Å². The highest BCUT2D eigenvalue weighted by atomic mass is 16.5. The lowest BCUT2D eigenvalue weighted by atomic mass is 9.99. The molecule has 0 saturated carbocycles. The lowest BCUT2D eigenvalue weighted by Gasteiger charge is -2.26. The molecule has 3 heterocycles. The van der Waals surface area contributed by atoms with Crippen LogP contribution < -0.4 is 9.72 Å². The second-order valence-electron chi connectivity index (χ2n) is 7.69. The molecule has 0 aliphatic carbocycles. The first-order valence-electron chi connectivity index (χ1n) is 10.1. The number of fused-ring (bicyclic) bond motifs is 3. The van der Waals surface area contributed by atoms with E-state index in [1.54, 1.807) is 0 Å². The normalized spacial score (nSPS) is 15.4. The molecule has 2 aromatic heterocycles. The van der Waals surface area contributed by atoms with E-state index in [1.807, 2.05) is 12.1 Å². The standard InChI is InChI=1S/C22H27N5O/c1-16(2)17-14-21(24-8-5-9-26-10-12-28-13-11-26)27-20-7-4-3-6-19(20)25-22(27)18(17)15-23/h3-4,6-7,14,16H,5,8-13H2,1-2H3,(H,24,25)/p+1. The van der Waals surface area contributed by atoms with E-state index in [1.165, 1.54) is 0 Å². The van der Waals surface area contributed by atoms with Crippen molar-refractivity contribution >= 4 is 22.5 Å². The van der Waals surface area contributed by atoms with Gasteiger partial charge in [-0.3, -0.25) is 9.88 Å². The summed E-state index contributed by atoms with van der Waals surface area (Å²) in [5.74, 6) is 1.32. The molecule has 6 nitrogen and oxygen atoms in total. The average molecular weight is 378 g/mol. The van der Waals surface area contributed by atoms with Crippen molar-refractivity contribution in [3.05, 3.63) is 41.5 Å². The predicted octanol–water partition coefficient (Wildman–Crippen LogP) is 3.04. The Labute approximate surface area is 165 Å². The summed E-state index contributed by atoms with van der Waals surface area (Å²) < 4.78 is 7.57. The maximum absolute atomic E-state index is 9.82. The molecule has 0 bridgehead atoms. The maximum atomic E-state index is 9.82. The van der Waals surface area contributed by atoms with Crippen molar-refractivity contribution in [1.82, 2.24) is 9.88 Å². The fourth-order valence-electron chi connectivity index (χ4n) is 3.97. The number of hydrogen-bond donors (Lipinski definition) is 2. The van der Waals surface area contributed by atoms with Crippen molar-refractivity contribution in [2.75, 3.05) is 44.7 Å². The van der Waals surface area contributed by atoms with Crippen LogP contribution in [0.2, 0.25) is 0 Å². The van der Waals surface area contributed by atoms with Crippen molar-refractivity contribution in [3.8, 4) is 6.07 Å². The van der Waals surface area contributed by atoms with E-state index in [9.17, 15) is 5.26 Å². The molecular formula is C22H28N5O+. The molecule has 6 heteroatoms. The Balaban J connectivity index is 1.65. The first kappa shape index (κ1) is 18.7. The van der Waals surface area contributed by atoms with Crippen LogP contribution in [0.5, 0.6) is 0 Å². The van der Waals surface area contributed by atoms with Crippen LogP contribution >= 0.6 is 0 Å². The summed E-state index contributed by atoms with van der Waals surface area (Å²) in [6.45, 7) is 9.97. The molecule has 0 amide bonds. The first-order valence-corrected chi connectivity index (χ1v) is 10.1. The Morgan fingerprint density at radius 2 is 2.07 bits per heavy atom. The predicted molar refractivity (Wildman–Crippen MR) is 111 cm³/mol. The number of pyridine rings is 1. The molecule has 1 aliphatic heterocycles. The third kappa shape index (κ3) is 3.56. The number of benzene rings is 1. The maximum Gasteiger partial charge on any atom is 0.250 e. The number of anilines is 1. The van der Waals surface area contributed by atoms with E-state index < -0.39 is 0 Å². The molecule has 0 atom stereocenters. The molecule has 0 radical (unpaired) electrons. The topological polar surface area (TPSA) is 68.2 Å². The fraction of sp³-hybridized carbons (Fsp3) is 0.455. The van der Waals surface area contributed by atoms with Crippen molar-refractivity contribution in [3.63, 3.8) is 0 Å². The zero-order valence-corrected chi connectivity index (χ0v) is 16.7. The van der Waals surface area contributed by atoms with Crippen molar-refractivity contribution < 1.29 is 9.14 Å². The number of ether oxygens (including phenoxy) is 1. The van der Waals surface area contributed by atoms with Crippen LogP contribution in [0.4, 0.5) is 5.82 Å². The number of morpholine rings is 1. The number of nitrogens with zero attached hydrogens (tertiary/aromatic N) is 3. The van der Waals surface area contributed by atoms with E-state index >= 15 is 0 Å². The van der Waals surface area contributed by atoms with Gasteiger partial charge < -0.3 is 10.1 Å². The molecule has 1 fully saturated rings. The summed E-state index contributed by atoms with van der Waals surface area (Å²) in [6, 6.07) is 12.8. The third-order valence-electron chi connectivity index (χ3n) is 5.47. The lowest BCUT2D eigenvalue weighted by Crippen LogP contribution is -2.37. The number of nitrogens with one attached hydrogen (secondary N) is 2. The summed E-state index contributed by atoms with van der Waals surface area (Å²) in [5.41, 5.74) is 4.79. The van der Waals surface area contributed by atoms with Crippen molar-refractivity contribution in [1.29, 1.82) is 5.26 Å². The van der Waals surface area contributed by atoms with Crippen LogP contribution in [0.1, 0.15) is 37.3 Å². The molecule has 146 valence electrons. The van der Waals surface area contributed by atoms with Crippen LogP contribution in [0, 0.1) is 11.3 Å². The smallest absolute Gasteiger partial charge is 0.250 e. The summed E-state index contributed by atoms with van der Waals surface area (Å²) in [4.78, 5) is 5.91. The number of rotatable bonds is 6. The minimum absolute atomic E-state index is 0.278. The van der Waals surface area contributed by atoms with Gasteiger partial charge in [0, 0.05) is 25.7 Å². The highest BCUT2D eigenvalue weighted by Gasteiger charge is 2.23. The van der Waals surface area contributed by atoms with Crippen LogP contribution in [0.25, 0.3) is 16.7 Å². The van der Waals surface area contributed by atoms with Crippen molar-refractivity contribution in [2.24, 2.45) is 0 Å². The third-order valence-corrected chi connectivity index (χ3v) is 5.47. The largest absolute Gasteiger partial charge is 0.379 e. The van der Waals surface area contributed by atoms with E-state index in [-0.39, 0.29) is 5.92 Å². The van der Waals surface area contributed by atoms with Gasteiger partial charge in [0.05, 0.1) is 19.8 Å². The number of para-hydroxylation sites is 2. The summed E-state index contributed by atoms with van der Waals surface area (Å²) in [7, 11) is 0. The molecule has 4 rings (SSSR count). The molecule has 28 heavy (non-hydrogen) atoms. The summed E-state index contributed by atoms with van der Waals surface area (Å²) in [5, 5.41) is 13.4. The molecule has 1 aromatic carbocycles. The zero-order valence-electron chi connectivity index (χ0n) is 16.7. The number of aromatic nitrogens is 2. The van der Waals surface area contributed by atoms with Gasteiger partial charge in [-0.05, 0) is 30.0 Å². The van der Waals surface area contributed by atoms with Gasteiger partial charge in [-0.15, -0.1) is 0 Å². The number of hydrogen-bond acceptors (Lipinski definition) is 4. The zero-order chi connectivity index (χ0) is 19.5. The quantitative estimate of drug-likeness (QED) is 0.511. The van der Waals surface area contributed by atoms with Crippen LogP contribution in [0.3, 0.4) is 0 Å². The van der Waals surface area contributed by atoms with E-state index in [0.717, 1.165) is 79.4 Å². The van der Waals surface area contributed by atoms with Gasteiger partial charge in [-0.1, -0.05) is 26.0 Å². The van der Waals surface area contributed by atoms with Gasteiger partial charge in [0.1, 0.15) is 22.7 Å². The highest BCUT2D eigenvalue weighted by molar-refractivity contribution is 5.77. The van der Waals surface area contributed by atoms with E-state index in [2.05, 4.69) is 57.7 Å². The van der Waals surface area contributed by atoms with Crippen LogP contribution in [0.15, 0.2) is 30.3 Å². The monoisotopic (exact) mass is 378 g/mol. The van der Waals surface area contributed by atoms with Crippen LogP contribution in [-0.2, 0) is 4.74 Å². The molecular weight excluding hydrogens is 350 g/mol. The van der Waals surface area contributed by atoms with Crippen LogP contribution in [-0.4, -0.2) is 49.3 Å². The number of aromatic amines is 1. The Bertz CT molecular complexity index is 1010. The summed E-state index contributed by atoms with van der Waals surface area (Å²) in [6.07, 6.45) is 1.07. The van der Waals surface area contributed by atoms with Gasteiger partial charge in [-0.25, -0.2) is 0 Å². The van der Waals surface area contributed by atoms with Gasteiger partial charge in [0.2, 0.25) is 11.5 Å². The molecule has 0 unspecified atom stereocenters. The summed E-state index contributed by atoms with van der Waals surface area (Å²) >= 11 is 0.